The van der Waals surface area contributed by atoms with Crippen LogP contribution in [0.25, 0.3) is 10.9 Å². The zero-order chi connectivity index (χ0) is 23.4. The first-order valence-corrected chi connectivity index (χ1v) is 12.0. The SMILES string of the molecule is COc1ccccc1NS(=O)(=O)c1cc(NC(=O)CCc2c[nH]c3ccccc23)ccc1C. The highest BCUT2D eigenvalue weighted by Gasteiger charge is 2.20. The smallest absolute Gasteiger partial charge is 0.262 e. The third-order valence-electron chi connectivity index (χ3n) is 5.41. The summed E-state index contributed by atoms with van der Waals surface area (Å²) >= 11 is 0. The number of carbonyl (C=O) groups is 1. The number of benzene rings is 3. The molecule has 1 amide bonds. The number of aromatic nitrogens is 1. The molecule has 0 saturated carbocycles. The van der Waals surface area contributed by atoms with Crippen molar-refractivity contribution < 1.29 is 17.9 Å². The molecule has 4 aromatic rings. The number of anilines is 2. The Labute approximate surface area is 192 Å². The molecule has 7 nitrogen and oxygen atoms in total. The minimum atomic E-state index is -3.89. The molecule has 0 aliphatic rings. The number of sulfonamides is 1. The van der Waals surface area contributed by atoms with Gasteiger partial charge < -0.3 is 15.0 Å². The van der Waals surface area contributed by atoms with Crippen LogP contribution in [0.3, 0.4) is 0 Å². The predicted octanol–water partition coefficient (Wildman–Crippen LogP) is 4.86. The van der Waals surface area contributed by atoms with Crippen molar-refractivity contribution in [1.29, 1.82) is 0 Å². The third-order valence-corrected chi connectivity index (χ3v) is 6.92. The number of aryl methyl sites for hydroxylation is 2. The fourth-order valence-electron chi connectivity index (χ4n) is 3.71. The Morgan fingerprint density at radius 3 is 2.61 bits per heavy atom. The van der Waals surface area contributed by atoms with Gasteiger partial charge in [0, 0.05) is 29.2 Å². The minimum absolute atomic E-state index is 0.0860. The molecule has 4 rings (SSSR count). The van der Waals surface area contributed by atoms with Crippen molar-refractivity contribution in [2.24, 2.45) is 0 Å². The number of aromatic amines is 1. The number of carbonyl (C=O) groups excluding carboxylic acids is 1. The highest BCUT2D eigenvalue weighted by atomic mass is 32.2. The molecule has 0 aliphatic heterocycles. The summed E-state index contributed by atoms with van der Waals surface area (Å²) in [5.74, 6) is 0.227. The molecule has 3 N–H and O–H groups in total. The van der Waals surface area contributed by atoms with Crippen LogP contribution >= 0.6 is 0 Å². The topological polar surface area (TPSA) is 100 Å². The Hall–Kier alpha value is -3.78. The summed E-state index contributed by atoms with van der Waals surface area (Å²) in [7, 11) is -2.42. The molecule has 0 unspecified atom stereocenters. The second kappa shape index (κ2) is 9.38. The zero-order valence-corrected chi connectivity index (χ0v) is 19.2. The lowest BCUT2D eigenvalue weighted by Crippen LogP contribution is -2.16. The van der Waals surface area contributed by atoms with Gasteiger partial charge in [0.05, 0.1) is 17.7 Å². The van der Waals surface area contributed by atoms with E-state index in [0.29, 0.717) is 29.1 Å². The Morgan fingerprint density at radius 2 is 1.79 bits per heavy atom. The van der Waals surface area contributed by atoms with Crippen LogP contribution in [0, 0.1) is 6.92 Å². The molecule has 0 fully saturated rings. The van der Waals surface area contributed by atoms with E-state index in [1.165, 1.54) is 13.2 Å². The van der Waals surface area contributed by atoms with Gasteiger partial charge in [-0.3, -0.25) is 9.52 Å². The monoisotopic (exact) mass is 463 g/mol. The van der Waals surface area contributed by atoms with Gasteiger partial charge in [0.2, 0.25) is 5.91 Å². The molecule has 0 atom stereocenters. The summed E-state index contributed by atoms with van der Waals surface area (Å²) in [5.41, 5.74) is 3.42. The Bertz CT molecular complexity index is 1410. The lowest BCUT2D eigenvalue weighted by molar-refractivity contribution is -0.116. The van der Waals surface area contributed by atoms with Crippen molar-refractivity contribution >= 4 is 38.2 Å². The van der Waals surface area contributed by atoms with Crippen molar-refractivity contribution in [3.8, 4) is 5.75 Å². The van der Waals surface area contributed by atoms with Crippen LogP contribution in [0.5, 0.6) is 5.75 Å². The number of methoxy groups -OCH3 is 1. The second-order valence-corrected chi connectivity index (χ2v) is 9.34. The first kappa shape index (κ1) is 22.4. The maximum atomic E-state index is 13.1. The number of nitrogens with one attached hydrogen (secondary N) is 3. The van der Waals surface area contributed by atoms with Gasteiger partial charge in [0.25, 0.3) is 10.0 Å². The number of rotatable bonds is 8. The number of hydrogen-bond acceptors (Lipinski definition) is 4. The number of para-hydroxylation sites is 3. The molecule has 0 aliphatic carbocycles. The number of ether oxygens (including phenoxy) is 1. The largest absolute Gasteiger partial charge is 0.495 e. The number of H-pyrrole nitrogens is 1. The van der Waals surface area contributed by atoms with Crippen LogP contribution < -0.4 is 14.8 Å². The van der Waals surface area contributed by atoms with Gasteiger partial charge in [-0.25, -0.2) is 8.42 Å². The molecule has 170 valence electrons. The summed E-state index contributed by atoms with van der Waals surface area (Å²) in [4.78, 5) is 15.9. The molecule has 8 heteroatoms. The summed E-state index contributed by atoms with van der Waals surface area (Å²) in [5, 5.41) is 3.91. The maximum Gasteiger partial charge on any atom is 0.262 e. The average molecular weight is 464 g/mol. The first-order chi connectivity index (χ1) is 15.9. The fourth-order valence-corrected chi connectivity index (χ4v) is 5.05. The highest BCUT2D eigenvalue weighted by molar-refractivity contribution is 7.92. The quantitative estimate of drug-likeness (QED) is 0.347. The summed E-state index contributed by atoms with van der Waals surface area (Å²) in [6.45, 7) is 1.71. The second-order valence-electron chi connectivity index (χ2n) is 7.69. The van der Waals surface area contributed by atoms with E-state index in [2.05, 4.69) is 15.0 Å². The molecule has 1 aromatic heterocycles. The summed E-state index contributed by atoms with van der Waals surface area (Å²) in [6.07, 6.45) is 2.76. The van der Waals surface area contributed by atoms with Gasteiger partial charge in [0.1, 0.15) is 5.75 Å². The van der Waals surface area contributed by atoms with E-state index in [9.17, 15) is 13.2 Å². The number of fused-ring (bicyclic) bond motifs is 1. The molecule has 0 radical (unpaired) electrons. The van der Waals surface area contributed by atoms with Gasteiger partial charge in [-0.2, -0.15) is 0 Å². The first-order valence-electron chi connectivity index (χ1n) is 10.5. The van der Waals surface area contributed by atoms with E-state index in [0.717, 1.165) is 16.5 Å². The van der Waals surface area contributed by atoms with Crippen LogP contribution in [-0.2, 0) is 21.2 Å². The summed E-state index contributed by atoms with van der Waals surface area (Å²) < 4.78 is 33.9. The maximum absolute atomic E-state index is 13.1. The number of hydrogen-bond donors (Lipinski definition) is 3. The zero-order valence-electron chi connectivity index (χ0n) is 18.4. The molecular weight excluding hydrogens is 438 g/mol. The van der Waals surface area contributed by atoms with Crippen LogP contribution in [0.1, 0.15) is 17.5 Å². The van der Waals surface area contributed by atoms with Crippen LogP contribution in [0.15, 0.2) is 77.8 Å². The van der Waals surface area contributed by atoms with E-state index in [1.54, 1.807) is 43.3 Å². The molecule has 0 spiro atoms. The van der Waals surface area contributed by atoms with Gasteiger partial charge in [-0.05, 0) is 54.8 Å². The molecular formula is C25H25N3O4S. The lowest BCUT2D eigenvalue weighted by atomic mass is 10.1. The van der Waals surface area contributed by atoms with Crippen LogP contribution in [0.4, 0.5) is 11.4 Å². The molecule has 33 heavy (non-hydrogen) atoms. The molecule has 0 saturated heterocycles. The lowest BCUT2D eigenvalue weighted by Gasteiger charge is -2.14. The number of amides is 1. The van der Waals surface area contributed by atoms with E-state index < -0.39 is 10.0 Å². The summed E-state index contributed by atoms with van der Waals surface area (Å²) in [6, 6.07) is 19.6. The van der Waals surface area contributed by atoms with E-state index in [1.807, 2.05) is 30.5 Å². The normalized spacial score (nSPS) is 11.3. The molecule has 1 heterocycles. The van der Waals surface area contributed by atoms with E-state index in [-0.39, 0.29) is 17.2 Å². The van der Waals surface area contributed by atoms with Gasteiger partial charge >= 0.3 is 0 Å². The Balaban J connectivity index is 1.47. The van der Waals surface area contributed by atoms with Crippen molar-refractivity contribution in [2.75, 3.05) is 17.1 Å². The Kier molecular flexibility index (Phi) is 6.37. The fraction of sp³-hybridized carbons (Fsp3) is 0.160. The Morgan fingerprint density at radius 1 is 1.03 bits per heavy atom. The molecule has 3 aromatic carbocycles. The van der Waals surface area contributed by atoms with Crippen molar-refractivity contribution in [3.63, 3.8) is 0 Å². The third kappa shape index (κ3) is 5.01. The standard InChI is InChI=1S/C25H25N3O4S/c1-17-11-13-19(15-24(17)33(30,31)28-22-9-5-6-10-23(22)32-2)27-25(29)14-12-18-16-26-21-8-4-3-7-20(18)21/h3-11,13,15-16,26,28H,12,14H2,1-2H3,(H,27,29). The van der Waals surface area contributed by atoms with Gasteiger partial charge in [-0.1, -0.05) is 36.4 Å². The molecule has 0 bridgehead atoms. The van der Waals surface area contributed by atoms with E-state index >= 15 is 0 Å². The average Bonchev–Trinajstić information content (AvgIpc) is 3.22. The van der Waals surface area contributed by atoms with Gasteiger partial charge in [-0.15, -0.1) is 0 Å². The minimum Gasteiger partial charge on any atom is -0.495 e. The van der Waals surface area contributed by atoms with Crippen LogP contribution in [-0.4, -0.2) is 26.4 Å². The van der Waals surface area contributed by atoms with Crippen LogP contribution in [0.2, 0.25) is 0 Å². The predicted molar refractivity (Wildman–Crippen MR) is 130 cm³/mol. The van der Waals surface area contributed by atoms with Crippen molar-refractivity contribution in [1.82, 2.24) is 4.98 Å². The highest BCUT2D eigenvalue weighted by Crippen LogP contribution is 2.28. The van der Waals surface area contributed by atoms with Gasteiger partial charge in [0.15, 0.2) is 0 Å². The van der Waals surface area contributed by atoms with Crippen molar-refractivity contribution in [2.45, 2.75) is 24.7 Å². The van der Waals surface area contributed by atoms with Crippen molar-refractivity contribution in [3.05, 3.63) is 84.1 Å². The van der Waals surface area contributed by atoms with E-state index in [4.69, 9.17) is 4.74 Å².